The molecule has 0 radical (unpaired) electrons. The molecule has 78 valence electrons. The molecule has 0 atom stereocenters. The van der Waals surface area contributed by atoms with Gasteiger partial charge in [0.25, 0.3) is 0 Å². The molecule has 3 rings (SSSR count). The summed E-state index contributed by atoms with van der Waals surface area (Å²) in [4.78, 5) is 15.4. The molecule has 0 fully saturated rings. The van der Waals surface area contributed by atoms with Crippen LogP contribution in [-0.2, 0) is 0 Å². The van der Waals surface area contributed by atoms with Gasteiger partial charge in [0.15, 0.2) is 11.3 Å². The number of nitrogens with one attached hydrogen (secondary N) is 1. The van der Waals surface area contributed by atoms with Crippen molar-refractivity contribution >= 4 is 11.3 Å². The number of H-pyrrole nitrogens is 1. The number of imidazole rings is 1. The third-order valence-corrected chi connectivity index (χ3v) is 2.29. The first-order chi connectivity index (χ1) is 7.84. The highest BCUT2D eigenvalue weighted by molar-refractivity contribution is 5.74. The van der Waals surface area contributed by atoms with E-state index in [1.54, 1.807) is 30.6 Å². The zero-order valence-corrected chi connectivity index (χ0v) is 8.25. The van der Waals surface area contributed by atoms with Gasteiger partial charge in [-0.1, -0.05) is 12.1 Å². The van der Waals surface area contributed by atoms with E-state index in [0.717, 1.165) is 0 Å². The van der Waals surface area contributed by atoms with E-state index in [1.165, 1.54) is 0 Å². The quantitative estimate of drug-likeness (QED) is 0.644. The Bertz CT molecular complexity index is 614. The molecule has 0 saturated heterocycles. The van der Waals surface area contributed by atoms with E-state index in [4.69, 9.17) is 0 Å². The number of para-hydroxylation sites is 1. The molecule has 5 nitrogen and oxygen atoms in total. The van der Waals surface area contributed by atoms with Crippen LogP contribution >= 0.6 is 0 Å². The lowest BCUT2D eigenvalue weighted by Crippen LogP contribution is -1.80. The van der Waals surface area contributed by atoms with Crippen LogP contribution < -0.4 is 0 Å². The van der Waals surface area contributed by atoms with Crippen LogP contribution in [0, 0.1) is 0 Å². The van der Waals surface area contributed by atoms with Crippen molar-refractivity contribution in [2.75, 3.05) is 0 Å². The summed E-state index contributed by atoms with van der Waals surface area (Å²) < 4.78 is 0. The van der Waals surface area contributed by atoms with Crippen molar-refractivity contribution in [3.63, 3.8) is 0 Å². The van der Waals surface area contributed by atoms with E-state index >= 15 is 0 Å². The number of fused-ring (bicyclic) bond motifs is 1. The average molecular weight is 212 g/mol. The zero-order valence-electron chi connectivity index (χ0n) is 8.25. The number of phenolic OH excluding ortho intramolecular Hbond substituents is 1. The first-order valence-electron chi connectivity index (χ1n) is 4.80. The van der Waals surface area contributed by atoms with Crippen LogP contribution in [0.5, 0.6) is 5.75 Å². The molecule has 16 heavy (non-hydrogen) atoms. The van der Waals surface area contributed by atoms with Gasteiger partial charge < -0.3 is 10.1 Å². The van der Waals surface area contributed by atoms with Crippen LogP contribution in [0.3, 0.4) is 0 Å². The smallest absolute Gasteiger partial charge is 0.197 e. The average Bonchev–Trinajstić information content (AvgIpc) is 2.73. The standard InChI is InChI=1S/C11H8N4O/c16-8-4-2-1-3-7(8)9-14-10-11(15-9)13-6-5-12-10/h1-6,16H,(H,12,13,14,15). The summed E-state index contributed by atoms with van der Waals surface area (Å²) in [6.45, 7) is 0. The third-order valence-electron chi connectivity index (χ3n) is 2.29. The van der Waals surface area contributed by atoms with Crippen LogP contribution in [0.15, 0.2) is 36.7 Å². The minimum atomic E-state index is 0.182. The Balaban J connectivity index is 2.23. The second-order valence-electron chi connectivity index (χ2n) is 3.33. The predicted molar refractivity (Wildman–Crippen MR) is 58.8 cm³/mol. The van der Waals surface area contributed by atoms with E-state index < -0.39 is 0 Å². The molecule has 3 aromatic rings. The fourth-order valence-electron chi connectivity index (χ4n) is 1.55. The number of rotatable bonds is 1. The van der Waals surface area contributed by atoms with Gasteiger partial charge in [0, 0.05) is 12.4 Å². The first kappa shape index (κ1) is 8.84. The van der Waals surface area contributed by atoms with Gasteiger partial charge in [0.1, 0.15) is 11.6 Å². The number of nitrogens with zero attached hydrogens (tertiary/aromatic N) is 3. The van der Waals surface area contributed by atoms with Crippen LogP contribution in [-0.4, -0.2) is 25.0 Å². The van der Waals surface area contributed by atoms with Gasteiger partial charge in [0.2, 0.25) is 0 Å². The second-order valence-corrected chi connectivity index (χ2v) is 3.33. The zero-order chi connectivity index (χ0) is 11.0. The summed E-state index contributed by atoms with van der Waals surface area (Å²) in [6.07, 6.45) is 3.17. The van der Waals surface area contributed by atoms with Crippen molar-refractivity contribution in [1.29, 1.82) is 0 Å². The van der Waals surface area contributed by atoms with Crippen molar-refractivity contribution in [2.45, 2.75) is 0 Å². The lowest BCUT2D eigenvalue weighted by atomic mass is 10.2. The predicted octanol–water partition coefficient (Wildman–Crippen LogP) is 1.73. The van der Waals surface area contributed by atoms with E-state index in [9.17, 15) is 5.11 Å². The molecule has 0 aliphatic carbocycles. The molecule has 0 unspecified atom stereocenters. The molecule has 2 aromatic heterocycles. The Labute approximate surface area is 90.8 Å². The maximum absolute atomic E-state index is 9.69. The number of aromatic nitrogens is 4. The molecular weight excluding hydrogens is 204 g/mol. The highest BCUT2D eigenvalue weighted by Crippen LogP contribution is 2.26. The summed E-state index contributed by atoms with van der Waals surface area (Å²) in [5, 5.41) is 9.69. The lowest BCUT2D eigenvalue weighted by molar-refractivity contribution is 0.477. The Morgan fingerprint density at radius 2 is 1.88 bits per heavy atom. The largest absolute Gasteiger partial charge is 0.507 e. The first-order valence-corrected chi connectivity index (χ1v) is 4.80. The van der Waals surface area contributed by atoms with Crippen LogP contribution in [0.4, 0.5) is 0 Å². The highest BCUT2D eigenvalue weighted by Gasteiger charge is 2.09. The maximum atomic E-state index is 9.69. The number of hydrogen-bond donors (Lipinski definition) is 2. The van der Waals surface area contributed by atoms with Gasteiger partial charge in [0.05, 0.1) is 5.56 Å². The minimum Gasteiger partial charge on any atom is -0.507 e. The third kappa shape index (κ3) is 1.30. The highest BCUT2D eigenvalue weighted by atomic mass is 16.3. The fourth-order valence-corrected chi connectivity index (χ4v) is 1.55. The van der Waals surface area contributed by atoms with Crippen molar-refractivity contribution < 1.29 is 5.11 Å². The molecule has 0 aliphatic heterocycles. The van der Waals surface area contributed by atoms with Crippen molar-refractivity contribution in [2.24, 2.45) is 0 Å². The molecule has 0 spiro atoms. The SMILES string of the molecule is Oc1ccccc1-c1nc2nccnc2[nH]1. The molecule has 0 amide bonds. The Morgan fingerprint density at radius 3 is 2.69 bits per heavy atom. The van der Waals surface area contributed by atoms with Crippen molar-refractivity contribution in [3.05, 3.63) is 36.7 Å². The summed E-state index contributed by atoms with van der Waals surface area (Å²) >= 11 is 0. The summed E-state index contributed by atoms with van der Waals surface area (Å²) in [5.41, 5.74) is 1.80. The molecule has 2 N–H and O–H groups in total. The van der Waals surface area contributed by atoms with Gasteiger partial charge in [-0.3, -0.25) is 0 Å². The Morgan fingerprint density at radius 1 is 1.06 bits per heavy atom. The molecule has 2 heterocycles. The topological polar surface area (TPSA) is 74.7 Å². The molecule has 1 aromatic carbocycles. The van der Waals surface area contributed by atoms with E-state index in [0.29, 0.717) is 22.7 Å². The van der Waals surface area contributed by atoms with Crippen LogP contribution in [0.2, 0.25) is 0 Å². The van der Waals surface area contributed by atoms with Gasteiger partial charge in [-0.2, -0.15) is 0 Å². The van der Waals surface area contributed by atoms with Gasteiger partial charge in [-0.05, 0) is 12.1 Å². The fraction of sp³-hybridized carbons (Fsp3) is 0. The molecule has 5 heteroatoms. The number of phenols is 1. The van der Waals surface area contributed by atoms with Gasteiger partial charge in [-0.25, -0.2) is 15.0 Å². The minimum absolute atomic E-state index is 0.182. The molecule has 0 aliphatic rings. The summed E-state index contributed by atoms with van der Waals surface area (Å²) in [5.74, 6) is 0.751. The van der Waals surface area contributed by atoms with Crippen molar-refractivity contribution in [1.82, 2.24) is 19.9 Å². The lowest BCUT2D eigenvalue weighted by Gasteiger charge is -1.98. The summed E-state index contributed by atoms with van der Waals surface area (Å²) in [6, 6.07) is 7.00. The monoisotopic (exact) mass is 212 g/mol. The summed E-state index contributed by atoms with van der Waals surface area (Å²) in [7, 11) is 0. The number of benzene rings is 1. The van der Waals surface area contributed by atoms with E-state index in [-0.39, 0.29) is 5.75 Å². The number of aromatic amines is 1. The molecule has 0 bridgehead atoms. The van der Waals surface area contributed by atoms with Gasteiger partial charge >= 0.3 is 0 Å². The maximum Gasteiger partial charge on any atom is 0.197 e. The van der Waals surface area contributed by atoms with Crippen LogP contribution in [0.1, 0.15) is 0 Å². The Hall–Kier alpha value is -2.43. The molecule has 0 saturated carbocycles. The van der Waals surface area contributed by atoms with Crippen molar-refractivity contribution in [3.8, 4) is 17.1 Å². The Kier molecular flexibility index (Phi) is 1.83. The normalized spacial score (nSPS) is 10.8. The second kappa shape index (κ2) is 3.30. The van der Waals surface area contributed by atoms with Crippen LogP contribution in [0.25, 0.3) is 22.7 Å². The molecular formula is C11H8N4O. The number of aromatic hydroxyl groups is 1. The van der Waals surface area contributed by atoms with E-state index in [2.05, 4.69) is 19.9 Å². The van der Waals surface area contributed by atoms with Gasteiger partial charge in [-0.15, -0.1) is 0 Å². The van der Waals surface area contributed by atoms with E-state index in [1.807, 2.05) is 6.07 Å². The number of hydrogen-bond acceptors (Lipinski definition) is 4.